The SMILES string of the molecule is Cc1ccc2oc(C(=O)N(CCCl)CC(F)F)cc2c1. The lowest BCUT2D eigenvalue weighted by molar-refractivity contribution is 0.0546. The fourth-order valence-corrected chi connectivity index (χ4v) is 2.17. The molecule has 1 heterocycles. The van der Waals surface area contributed by atoms with Gasteiger partial charge < -0.3 is 9.32 Å². The van der Waals surface area contributed by atoms with Crippen LogP contribution in [0, 0.1) is 6.92 Å². The highest BCUT2D eigenvalue weighted by atomic mass is 35.5. The summed E-state index contributed by atoms with van der Waals surface area (Å²) in [6, 6.07) is 7.04. The van der Waals surface area contributed by atoms with Gasteiger partial charge in [0.1, 0.15) is 5.58 Å². The second-order valence-corrected chi connectivity index (χ2v) is 4.86. The lowest BCUT2D eigenvalue weighted by Crippen LogP contribution is -2.36. The lowest BCUT2D eigenvalue weighted by atomic mass is 10.2. The van der Waals surface area contributed by atoms with Crippen molar-refractivity contribution in [2.24, 2.45) is 0 Å². The highest BCUT2D eigenvalue weighted by Crippen LogP contribution is 2.22. The summed E-state index contributed by atoms with van der Waals surface area (Å²) in [5, 5.41) is 0.774. The van der Waals surface area contributed by atoms with E-state index >= 15 is 0 Å². The number of rotatable bonds is 5. The average molecular weight is 302 g/mol. The lowest BCUT2D eigenvalue weighted by Gasteiger charge is -2.19. The molecule has 0 fully saturated rings. The van der Waals surface area contributed by atoms with Gasteiger partial charge in [-0.2, -0.15) is 0 Å². The monoisotopic (exact) mass is 301 g/mol. The maximum absolute atomic E-state index is 12.5. The topological polar surface area (TPSA) is 33.5 Å². The molecule has 0 saturated carbocycles. The Morgan fingerprint density at radius 1 is 1.40 bits per heavy atom. The molecule has 1 aromatic heterocycles. The second-order valence-electron chi connectivity index (χ2n) is 4.48. The molecule has 0 spiro atoms. The van der Waals surface area contributed by atoms with Gasteiger partial charge in [0.25, 0.3) is 12.3 Å². The number of halogens is 3. The zero-order valence-electron chi connectivity index (χ0n) is 10.9. The second kappa shape index (κ2) is 6.22. The summed E-state index contributed by atoms with van der Waals surface area (Å²) < 4.78 is 30.4. The summed E-state index contributed by atoms with van der Waals surface area (Å²) in [6.07, 6.45) is -2.60. The van der Waals surface area contributed by atoms with Gasteiger partial charge in [-0.3, -0.25) is 4.79 Å². The minimum absolute atomic E-state index is 0.0522. The molecule has 6 heteroatoms. The molecule has 0 saturated heterocycles. The van der Waals surface area contributed by atoms with Crippen molar-refractivity contribution in [1.82, 2.24) is 4.90 Å². The van der Waals surface area contributed by atoms with Crippen LogP contribution in [0.15, 0.2) is 28.7 Å². The van der Waals surface area contributed by atoms with Crippen LogP contribution >= 0.6 is 11.6 Å². The first-order valence-corrected chi connectivity index (χ1v) is 6.68. The van der Waals surface area contributed by atoms with Gasteiger partial charge in [-0.05, 0) is 25.1 Å². The summed E-state index contributed by atoms with van der Waals surface area (Å²) in [5.74, 6) is -0.422. The quantitative estimate of drug-likeness (QED) is 0.789. The van der Waals surface area contributed by atoms with Crippen molar-refractivity contribution in [3.8, 4) is 0 Å². The van der Waals surface area contributed by atoms with Gasteiger partial charge >= 0.3 is 0 Å². The molecule has 1 amide bonds. The molecule has 0 aliphatic heterocycles. The molecule has 1 aromatic carbocycles. The summed E-state index contributed by atoms with van der Waals surface area (Å²) in [7, 11) is 0. The van der Waals surface area contributed by atoms with E-state index in [0.29, 0.717) is 5.58 Å². The molecule has 3 nitrogen and oxygen atoms in total. The van der Waals surface area contributed by atoms with Crippen LogP contribution in [0.3, 0.4) is 0 Å². The largest absolute Gasteiger partial charge is 0.451 e. The number of aryl methyl sites for hydroxylation is 1. The summed E-state index contributed by atoms with van der Waals surface area (Å²) >= 11 is 5.54. The van der Waals surface area contributed by atoms with Gasteiger partial charge in [0, 0.05) is 17.8 Å². The fraction of sp³-hybridized carbons (Fsp3) is 0.357. The molecular formula is C14H14ClF2NO2. The van der Waals surface area contributed by atoms with E-state index in [2.05, 4.69) is 0 Å². The molecule has 0 aliphatic carbocycles. The van der Waals surface area contributed by atoms with Crippen LogP contribution < -0.4 is 0 Å². The predicted octanol–water partition coefficient (Wildman–Crippen LogP) is 3.69. The van der Waals surface area contributed by atoms with Crippen LogP contribution in [0.5, 0.6) is 0 Å². The highest BCUT2D eigenvalue weighted by molar-refractivity contribution is 6.18. The number of hydrogen-bond acceptors (Lipinski definition) is 2. The highest BCUT2D eigenvalue weighted by Gasteiger charge is 2.22. The molecule has 0 atom stereocenters. The number of furan rings is 1. The molecule has 0 bridgehead atoms. The Morgan fingerprint density at radius 3 is 2.80 bits per heavy atom. The molecule has 0 radical (unpaired) electrons. The van der Waals surface area contributed by atoms with Gasteiger partial charge in [-0.15, -0.1) is 11.6 Å². The summed E-state index contributed by atoms with van der Waals surface area (Å²) in [6.45, 7) is 1.33. The third-order valence-electron chi connectivity index (χ3n) is 2.88. The third-order valence-corrected chi connectivity index (χ3v) is 3.05. The van der Waals surface area contributed by atoms with Crippen molar-refractivity contribution < 1.29 is 18.0 Å². The van der Waals surface area contributed by atoms with E-state index in [0.717, 1.165) is 15.8 Å². The standard InChI is InChI=1S/C14H14ClF2NO2/c1-9-2-3-11-10(6-9)7-12(20-11)14(19)18(5-4-15)8-13(16)17/h2-3,6-7,13H,4-5,8H2,1H3. The first-order valence-electron chi connectivity index (χ1n) is 6.15. The number of amides is 1. The summed E-state index contributed by atoms with van der Waals surface area (Å²) in [4.78, 5) is 13.2. The molecule has 108 valence electrons. The number of nitrogens with zero attached hydrogens (tertiary/aromatic N) is 1. The zero-order valence-corrected chi connectivity index (χ0v) is 11.7. The van der Waals surface area contributed by atoms with Gasteiger partial charge in [-0.1, -0.05) is 11.6 Å². The van der Waals surface area contributed by atoms with Crippen LogP contribution in [-0.4, -0.2) is 36.2 Å². The minimum atomic E-state index is -2.60. The Morgan fingerprint density at radius 2 is 2.15 bits per heavy atom. The Hall–Kier alpha value is -1.62. The average Bonchev–Trinajstić information content (AvgIpc) is 2.79. The number of carbonyl (C=O) groups excluding carboxylic acids is 1. The van der Waals surface area contributed by atoms with E-state index in [1.165, 1.54) is 0 Å². The number of benzene rings is 1. The third kappa shape index (κ3) is 3.28. The molecule has 0 N–H and O–H groups in total. The Kier molecular flexibility index (Phi) is 4.60. The van der Waals surface area contributed by atoms with Crippen molar-refractivity contribution in [3.63, 3.8) is 0 Å². The maximum atomic E-state index is 12.5. The van der Waals surface area contributed by atoms with Crippen molar-refractivity contribution in [2.45, 2.75) is 13.3 Å². The first-order chi connectivity index (χ1) is 9.51. The molecule has 0 aliphatic rings. The van der Waals surface area contributed by atoms with Gasteiger partial charge in [0.2, 0.25) is 0 Å². The first kappa shape index (κ1) is 14.8. The van der Waals surface area contributed by atoms with Crippen LogP contribution in [0.4, 0.5) is 8.78 Å². The van der Waals surface area contributed by atoms with Crippen molar-refractivity contribution >= 4 is 28.5 Å². The van der Waals surface area contributed by atoms with E-state index in [-0.39, 0.29) is 18.2 Å². The van der Waals surface area contributed by atoms with Crippen molar-refractivity contribution in [1.29, 1.82) is 0 Å². The molecule has 0 unspecified atom stereocenters. The van der Waals surface area contributed by atoms with Gasteiger partial charge in [0.05, 0.1) is 6.54 Å². The van der Waals surface area contributed by atoms with Gasteiger partial charge in [-0.25, -0.2) is 8.78 Å². The van der Waals surface area contributed by atoms with Crippen LogP contribution in [-0.2, 0) is 0 Å². The van der Waals surface area contributed by atoms with E-state index in [4.69, 9.17) is 16.0 Å². The minimum Gasteiger partial charge on any atom is -0.451 e. The molecule has 20 heavy (non-hydrogen) atoms. The normalized spacial score (nSPS) is 11.2. The van der Waals surface area contributed by atoms with Gasteiger partial charge in [0.15, 0.2) is 5.76 Å². The van der Waals surface area contributed by atoms with Crippen molar-refractivity contribution in [3.05, 3.63) is 35.6 Å². The van der Waals surface area contributed by atoms with E-state index < -0.39 is 18.9 Å². The molecule has 2 aromatic rings. The number of hydrogen-bond donors (Lipinski definition) is 0. The maximum Gasteiger partial charge on any atom is 0.289 e. The van der Waals surface area contributed by atoms with Crippen molar-refractivity contribution in [2.75, 3.05) is 19.0 Å². The predicted molar refractivity (Wildman–Crippen MR) is 73.6 cm³/mol. The molecule has 2 rings (SSSR count). The smallest absolute Gasteiger partial charge is 0.289 e. The zero-order chi connectivity index (χ0) is 14.7. The van der Waals surface area contributed by atoms with E-state index in [9.17, 15) is 13.6 Å². The number of carbonyl (C=O) groups is 1. The van der Waals surface area contributed by atoms with Crippen LogP contribution in [0.1, 0.15) is 16.1 Å². The number of fused-ring (bicyclic) bond motifs is 1. The molecular weight excluding hydrogens is 288 g/mol. The number of alkyl halides is 3. The Balaban J connectivity index is 2.28. The summed E-state index contributed by atoms with van der Waals surface area (Å²) in [5.41, 5.74) is 1.59. The van der Waals surface area contributed by atoms with Crippen LogP contribution in [0.25, 0.3) is 11.0 Å². The Labute approximate surface area is 120 Å². The van der Waals surface area contributed by atoms with E-state index in [1.54, 1.807) is 12.1 Å². The Bertz CT molecular complexity index is 612. The van der Waals surface area contributed by atoms with E-state index in [1.807, 2.05) is 19.1 Å². The van der Waals surface area contributed by atoms with Crippen LogP contribution in [0.2, 0.25) is 0 Å². The fourth-order valence-electron chi connectivity index (χ4n) is 1.97.